The first-order valence-corrected chi connectivity index (χ1v) is 10.6. The first-order chi connectivity index (χ1) is 13.2. The summed E-state index contributed by atoms with van der Waals surface area (Å²) in [7, 11) is 0. The predicted octanol–water partition coefficient (Wildman–Crippen LogP) is 0.215. The molecule has 0 bridgehead atoms. The van der Waals surface area contributed by atoms with Crippen LogP contribution in [0.3, 0.4) is 0 Å². The van der Waals surface area contributed by atoms with Gasteiger partial charge in [-0.3, -0.25) is 14.4 Å². The van der Waals surface area contributed by atoms with Crippen LogP contribution in [0, 0.1) is 10.8 Å². The molecule has 0 spiro atoms. The average Bonchev–Trinajstić information content (AvgIpc) is 2.52. The van der Waals surface area contributed by atoms with Crippen molar-refractivity contribution in [3.63, 3.8) is 0 Å². The summed E-state index contributed by atoms with van der Waals surface area (Å²) < 4.78 is 0. The summed E-state index contributed by atoms with van der Waals surface area (Å²) in [5, 5.41) is 14.8. The van der Waals surface area contributed by atoms with Crippen molar-refractivity contribution in [1.82, 2.24) is 10.6 Å². The lowest BCUT2D eigenvalue weighted by Crippen LogP contribution is -2.69. The van der Waals surface area contributed by atoms with Crippen molar-refractivity contribution in [3.05, 3.63) is 0 Å². The van der Waals surface area contributed by atoms with E-state index in [0.717, 1.165) is 0 Å². The summed E-state index contributed by atoms with van der Waals surface area (Å²) in [6.45, 7) is 13.8. The van der Waals surface area contributed by atoms with Crippen LogP contribution in [0.15, 0.2) is 0 Å². The highest BCUT2D eigenvalue weighted by molar-refractivity contribution is 7.80. The lowest BCUT2D eigenvalue weighted by molar-refractivity contribution is -0.143. The van der Waals surface area contributed by atoms with E-state index in [1.54, 1.807) is 55.4 Å². The Hall–Kier alpha value is -1.36. The SMILES string of the molecule is CC(C)(CC(C)(C)[C@H](N)C(=O)O)C(=O)N[C@@H](CS)C(=O)NC(C(C)(C)N)C(C)(C)N. The molecule has 0 aromatic heterocycles. The number of carbonyl (C=O) groups is 3. The van der Waals surface area contributed by atoms with Gasteiger partial charge >= 0.3 is 5.97 Å². The van der Waals surface area contributed by atoms with E-state index < -0.39 is 57.8 Å². The zero-order valence-corrected chi connectivity index (χ0v) is 20.4. The number of hydrogen-bond donors (Lipinski definition) is 7. The molecule has 0 aromatic rings. The van der Waals surface area contributed by atoms with Gasteiger partial charge in [0.15, 0.2) is 0 Å². The molecule has 0 aliphatic rings. The Kier molecular flexibility index (Phi) is 9.40. The Morgan fingerprint density at radius 1 is 0.933 bits per heavy atom. The minimum absolute atomic E-state index is 0.0639. The van der Waals surface area contributed by atoms with Gasteiger partial charge in [0.1, 0.15) is 12.1 Å². The molecule has 0 aliphatic carbocycles. The molecule has 10 heteroatoms. The lowest BCUT2D eigenvalue weighted by atomic mass is 9.70. The molecule has 0 heterocycles. The van der Waals surface area contributed by atoms with Gasteiger partial charge in [-0.15, -0.1) is 0 Å². The smallest absolute Gasteiger partial charge is 0.321 e. The maximum atomic E-state index is 12.9. The van der Waals surface area contributed by atoms with Crippen LogP contribution in [0.2, 0.25) is 0 Å². The van der Waals surface area contributed by atoms with Gasteiger partial charge in [0, 0.05) is 22.2 Å². The van der Waals surface area contributed by atoms with Crippen molar-refractivity contribution in [2.45, 2.75) is 91.0 Å². The van der Waals surface area contributed by atoms with E-state index in [4.69, 9.17) is 17.2 Å². The molecule has 0 unspecified atom stereocenters. The molecule has 2 amide bonds. The second-order valence-corrected chi connectivity index (χ2v) is 11.0. The fraction of sp³-hybridized carbons (Fsp3) is 0.850. The summed E-state index contributed by atoms with van der Waals surface area (Å²) in [4.78, 5) is 37.0. The molecule has 0 radical (unpaired) electrons. The number of nitrogens with two attached hydrogens (primary N) is 3. The average molecular weight is 448 g/mol. The highest BCUT2D eigenvalue weighted by atomic mass is 32.1. The molecule has 176 valence electrons. The zero-order valence-electron chi connectivity index (χ0n) is 19.5. The maximum absolute atomic E-state index is 12.9. The number of carboxylic acids is 1. The first-order valence-electron chi connectivity index (χ1n) is 9.95. The second kappa shape index (κ2) is 9.84. The van der Waals surface area contributed by atoms with Gasteiger partial charge in [0.05, 0.1) is 6.04 Å². The van der Waals surface area contributed by atoms with Crippen LogP contribution in [0.5, 0.6) is 0 Å². The van der Waals surface area contributed by atoms with Crippen LogP contribution < -0.4 is 27.8 Å². The molecule has 0 fully saturated rings. The van der Waals surface area contributed by atoms with E-state index in [1.165, 1.54) is 0 Å². The van der Waals surface area contributed by atoms with Crippen molar-refractivity contribution in [3.8, 4) is 0 Å². The van der Waals surface area contributed by atoms with Crippen molar-refractivity contribution in [1.29, 1.82) is 0 Å². The van der Waals surface area contributed by atoms with Gasteiger partial charge in [-0.05, 0) is 39.5 Å². The van der Waals surface area contributed by atoms with Gasteiger partial charge in [-0.25, -0.2) is 0 Å². The van der Waals surface area contributed by atoms with Crippen LogP contribution >= 0.6 is 12.6 Å². The largest absolute Gasteiger partial charge is 0.480 e. The maximum Gasteiger partial charge on any atom is 0.321 e. The quantitative estimate of drug-likeness (QED) is 0.222. The van der Waals surface area contributed by atoms with E-state index >= 15 is 0 Å². The zero-order chi connectivity index (χ0) is 24.3. The number of carboxylic acid groups (broad SMARTS) is 1. The van der Waals surface area contributed by atoms with Gasteiger partial charge in [-0.1, -0.05) is 27.7 Å². The summed E-state index contributed by atoms with van der Waals surface area (Å²) in [5.41, 5.74) is 14.7. The molecule has 0 rings (SSSR count). The van der Waals surface area contributed by atoms with Crippen molar-refractivity contribution in [2.24, 2.45) is 28.0 Å². The highest BCUT2D eigenvalue weighted by Gasteiger charge is 2.42. The van der Waals surface area contributed by atoms with E-state index in [0.29, 0.717) is 0 Å². The Morgan fingerprint density at radius 3 is 1.70 bits per heavy atom. The molecular formula is C20H41N5O4S. The van der Waals surface area contributed by atoms with E-state index in [9.17, 15) is 19.5 Å². The fourth-order valence-electron chi connectivity index (χ4n) is 3.78. The molecule has 9 N–H and O–H groups in total. The van der Waals surface area contributed by atoms with Crippen LogP contribution in [-0.2, 0) is 14.4 Å². The van der Waals surface area contributed by atoms with Gasteiger partial charge in [0.25, 0.3) is 0 Å². The predicted molar refractivity (Wildman–Crippen MR) is 122 cm³/mol. The van der Waals surface area contributed by atoms with Gasteiger partial charge < -0.3 is 32.9 Å². The molecule has 0 saturated carbocycles. The van der Waals surface area contributed by atoms with Gasteiger partial charge in [0.2, 0.25) is 11.8 Å². The summed E-state index contributed by atoms with van der Waals surface area (Å²) in [6.07, 6.45) is 0.203. The Balaban J connectivity index is 5.42. The van der Waals surface area contributed by atoms with Crippen molar-refractivity contribution >= 4 is 30.4 Å². The lowest BCUT2D eigenvalue weighted by Gasteiger charge is -2.41. The van der Waals surface area contributed by atoms with Crippen LogP contribution in [-0.4, -0.2) is 57.8 Å². The molecule has 0 aliphatic heterocycles. The third-order valence-electron chi connectivity index (χ3n) is 5.20. The third kappa shape index (κ3) is 8.05. The Bertz CT molecular complexity index is 624. The molecule has 2 atom stereocenters. The fourth-order valence-corrected chi connectivity index (χ4v) is 4.04. The van der Waals surface area contributed by atoms with Gasteiger partial charge in [-0.2, -0.15) is 12.6 Å². The topological polar surface area (TPSA) is 174 Å². The Morgan fingerprint density at radius 2 is 1.37 bits per heavy atom. The van der Waals surface area contributed by atoms with E-state index in [1.807, 2.05) is 0 Å². The number of nitrogens with one attached hydrogen (secondary N) is 2. The number of hydrogen-bond acceptors (Lipinski definition) is 7. The molecule has 9 nitrogen and oxygen atoms in total. The Labute approximate surface area is 185 Å². The van der Waals surface area contributed by atoms with Crippen LogP contribution in [0.4, 0.5) is 0 Å². The monoisotopic (exact) mass is 447 g/mol. The highest BCUT2D eigenvalue weighted by Crippen LogP contribution is 2.36. The second-order valence-electron chi connectivity index (χ2n) is 10.7. The third-order valence-corrected chi connectivity index (χ3v) is 5.56. The summed E-state index contributed by atoms with van der Waals surface area (Å²) >= 11 is 4.20. The minimum atomic E-state index is -1.14. The van der Waals surface area contributed by atoms with Crippen LogP contribution in [0.25, 0.3) is 0 Å². The molecular weight excluding hydrogens is 406 g/mol. The standard InChI is InChI=1S/C20H41N5O4S/c1-17(2,12(21)14(27)28)10-18(3,4)16(29)24-11(9-30)13(26)25-15(19(5,6)22)20(7,8)23/h11-12,15,30H,9-10,21-23H2,1-8H3,(H,24,29)(H,25,26)(H,27,28)/t11-,12+/m0/s1. The van der Waals surface area contributed by atoms with E-state index in [2.05, 4.69) is 23.3 Å². The minimum Gasteiger partial charge on any atom is -0.480 e. The number of rotatable bonds is 11. The summed E-state index contributed by atoms with van der Waals surface area (Å²) in [5.74, 6) is -1.92. The van der Waals surface area contributed by atoms with E-state index in [-0.39, 0.29) is 12.2 Å². The van der Waals surface area contributed by atoms with Crippen molar-refractivity contribution < 1.29 is 19.5 Å². The first kappa shape index (κ1) is 28.6. The normalized spacial score (nSPS) is 15.5. The molecule has 0 saturated heterocycles. The molecule has 0 aromatic carbocycles. The van der Waals surface area contributed by atoms with Crippen molar-refractivity contribution in [2.75, 3.05) is 5.75 Å². The number of amides is 2. The molecule has 30 heavy (non-hydrogen) atoms. The number of aliphatic carboxylic acids is 1. The summed E-state index contributed by atoms with van der Waals surface area (Å²) in [6, 6.07) is -2.60. The number of carbonyl (C=O) groups excluding carboxylic acids is 2. The number of thiol groups is 1. The van der Waals surface area contributed by atoms with Crippen LogP contribution in [0.1, 0.15) is 61.8 Å².